The van der Waals surface area contributed by atoms with Crippen LogP contribution in [0.3, 0.4) is 0 Å². The number of hydrogen-bond acceptors (Lipinski definition) is 1. The fourth-order valence-corrected chi connectivity index (χ4v) is 1.92. The highest BCUT2D eigenvalue weighted by atomic mass is 35.5. The first kappa shape index (κ1) is 9.14. The molecule has 1 fully saturated rings. The lowest BCUT2D eigenvalue weighted by Crippen LogP contribution is -2.63. The molecule has 64 valence electrons. The molecular weight excluding hydrogens is 185 g/mol. The molecule has 1 aliphatic rings. The van der Waals surface area contributed by atoms with Crippen LogP contribution in [0.2, 0.25) is 0 Å². The molecular formula is C7H11Cl2NO. The Hall–Kier alpha value is 0.0500. The van der Waals surface area contributed by atoms with E-state index in [0.717, 1.165) is 13.1 Å². The van der Waals surface area contributed by atoms with Crippen LogP contribution in [0.4, 0.5) is 0 Å². The van der Waals surface area contributed by atoms with E-state index in [2.05, 4.69) is 0 Å². The van der Waals surface area contributed by atoms with Crippen LogP contribution in [0.15, 0.2) is 0 Å². The van der Waals surface area contributed by atoms with Crippen LogP contribution in [-0.2, 0) is 4.79 Å². The van der Waals surface area contributed by atoms with Crippen molar-refractivity contribution in [1.82, 2.24) is 4.90 Å². The van der Waals surface area contributed by atoms with Gasteiger partial charge in [0, 0.05) is 24.8 Å². The number of rotatable bonds is 3. The summed E-state index contributed by atoms with van der Waals surface area (Å²) in [7, 11) is 0. The number of carbonyl (C=O) groups excluding carboxylic acids is 1. The minimum Gasteiger partial charge on any atom is -0.341 e. The zero-order chi connectivity index (χ0) is 8.48. The summed E-state index contributed by atoms with van der Waals surface area (Å²) >= 11 is 11.3. The van der Waals surface area contributed by atoms with E-state index in [1.807, 2.05) is 6.92 Å². The standard InChI is InChI=1S/C7H11Cl2NO/c1-2-10-5-7(3-8,4-9)6(10)11/h2-5H2,1H3. The molecule has 0 bridgehead atoms. The molecule has 1 saturated heterocycles. The Morgan fingerprint density at radius 1 is 1.55 bits per heavy atom. The van der Waals surface area contributed by atoms with Crippen molar-refractivity contribution in [2.24, 2.45) is 5.41 Å². The molecule has 0 N–H and O–H groups in total. The number of halogens is 2. The Morgan fingerprint density at radius 2 is 2.09 bits per heavy atom. The molecule has 2 nitrogen and oxygen atoms in total. The molecule has 0 radical (unpaired) electrons. The summed E-state index contributed by atoms with van der Waals surface area (Å²) in [5, 5.41) is 0. The summed E-state index contributed by atoms with van der Waals surface area (Å²) in [5.41, 5.74) is -0.445. The molecule has 11 heavy (non-hydrogen) atoms. The average molecular weight is 196 g/mol. The van der Waals surface area contributed by atoms with Gasteiger partial charge < -0.3 is 4.90 Å². The van der Waals surface area contributed by atoms with Crippen LogP contribution >= 0.6 is 23.2 Å². The normalized spacial score (nSPS) is 21.7. The van der Waals surface area contributed by atoms with Crippen LogP contribution in [-0.4, -0.2) is 35.7 Å². The van der Waals surface area contributed by atoms with Gasteiger partial charge in [-0.3, -0.25) is 4.79 Å². The summed E-state index contributed by atoms with van der Waals surface area (Å²) in [6.07, 6.45) is 0. The fraction of sp³-hybridized carbons (Fsp3) is 0.857. The summed E-state index contributed by atoms with van der Waals surface area (Å²) in [4.78, 5) is 13.1. The topological polar surface area (TPSA) is 20.3 Å². The van der Waals surface area contributed by atoms with E-state index in [0.29, 0.717) is 11.8 Å². The molecule has 0 aromatic rings. The van der Waals surface area contributed by atoms with Crippen molar-refractivity contribution >= 4 is 29.1 Å². The fourth-order valence-electron chi connectivity index (χ4n) is 1.24. The first-order chi connectivity index (χ1) is 5.20. The molecule has 1 rings (SSSR count). The van der Waals surface area contributed by atoms with Gasteiger partial charge in [0.05, 0.1) is 5.41 Å². The summed E-state index contributed by atoms with van der Waals surface area (Å²) < 4.78 is 0. The van der Waals surface area contributed by atoms with Crippen molar-refractivity contribution in [1.29, 1.82) is 0 Å². The van der Waals surface area contributed by atoms with Crippen LogP contribution in [0.25, 0.3) is 0 Å². The molecule has 0 aromatic heterocycles. The van der Waals surface area contributed by atoms with E-state index >= 15 is 0 Å². The van der Waals surface area contributed by atoms with E-state index in [9.17, 15) is 4.79 Å². The highest BCUT2D eigenvalue weighted by molar-refractivity contribution is 6.24. The molecule has 0 spiro atoms. The van der Waals surface area contributed by atoms with Gasteiger partial charge in [-0.05, 0) is 6.92 Å². The lowest BCUT2D eigenvalue weighted by Gasteiger charge is -2.46. The molecule has 0 aliphatic carbocycles. The number of alkyl halides is 2. The summed E-state index contributed by atoms with van der Waals surface area (Å²) in [6.45, 7) is 3.42. The largest absolute Gasteiger partial charge is 0.341 e. The van der Waals surface area contributed by atoms with Gasteiger partial charge in [0.25, 0.3) is 0 Å². The van der Waals surface area contributed by atoms with E-state index in [-0.39, 0.29) is 5.91 Å². The number of amides is 1. The molecule has 1 amide bonds. The Morgan fingerprint density at radius 3 is 2.36 bits per heavy atom. The molecule has 0 saturated carbocycles. The van der Waals surface area contributed by atoms with Gasteiger partial charge in [-0.15, -0.1) is 23.2 Å². The summed E-state index contributed by atoms with van der Waals surface area (Å²) in [5.74, 6) is 0.780. The van der Waals surface area contributed by atoms with Gasteiger partial charge >= 0.3 is 0 Å². The van der Waals surface area contributed by atoms with E-state index in [1.165, 1.54) is 0 Å². The highest BCUT2D eigenvalue weighted by Crippen LogP contribution is 2.34. The Labute approximate surface area is 76.5 Å². The van der Waals surface area contributed by atoms with Crippen molar-refractivity contribution in [2.75, 3.05) is 24.8 Å². The number of β-lactam (4-membered cyclic amide) rings is 1. The van der Waals surface area contributed by atoms with Crippen LogP contribution in [0, 0.1) is 5.41 Å². The number of likely N-dealkylation sites (tertiary alicyclic amines) is 1. The Bertz CT molecular complexity index is 168. The SMILES string of the molecule is CCN1CC(CCl)(CCl)C1=O. The first-order valence-corrected chi connectivity index (χ1v) is 4.68. The van der Waals surface area contributed by atoms with Gasteiger partial charge in [0.2, 0.25) is 5.91 Å². The van der Waals surface area contributed by atoms with Crippen LogP contribution < -0.4 is 0 Å². The third kappa shape index (κ3) is 1.23. The predicted molar refractivity (Wildman–Crippen MR) is 46.1 cm³/mol. The van der Waals surface area contributed by atoms with Gasteiger partial charge in [0.15, 0.2) is 0 Å². The van der Waals surface area contributed by atoms with Crippen molar-refractivity contribution < 1.29 is 4.79 Å². The maximum absolute atomic E-state index is 11.3. The second-order valence-electron chi connectivity index (χ2n) is 2.87. The molecule has 0 unspecified atom stereocenters. The smallest absolute Gasteiger partial charge is 0.233 e. The molecule has 1 heterocycles. The van der Waals surface area contributed by atoms with Gasteiger partial charge in [-0.1, -0.05) is 0 Å². The van der Waals surface area contributed by atoms with Crippen molar-refractivity contribution in [3.8, 4) is 0 Å². The van der Waals surface area contributed by atoms with Crippen molar-refractivity contribution in [3.63, 3.8) is 0 Å². The minimum atomic E-state index is -0.445. The molecule has 0 aromatic carbocycles. The van der Waals surface area contributed by atoms with Crippen molar-refractivity contribution in [2.45, 2.75) is 6.92 Å². The maximum atomic E-state index is 11.3. The van der Waals surface area contributed by atoms with E-state index in [4.69, 9.17) is 23.2 Å². The minimum absolute atomic E-state index is 0.102. The number of nitrogens with zero attached hydrogens (tertiary/aromatic N) is 1. The monoisotopic (exact) mass is 195 g/mol. The first-order valence-electron chi connectivity index (χ1n) is 3.61. The lowest BCUT2D eigenvalue weighted by molar-refractivity contribution is -0.155. The molecule has 4 heteroatoms. The van der Waals surface area contributed by atoms with Gasteiger partial charge in [-0.2, -0.15) is 0 Å². The van der Waals surface area contributed by atoms with Gasteiger partial charge in [-0.25, -0.2) is 0 Å². The van der Waals surface area contributed by atoms with Crippen LogP contribution in [0.1, 0.15) is 6.92 Å². The second kappa shape index (κ2) is 3.20. The van der Waals surface area contributed by atoms with E-state index in [1.54, 1.807) is 4.90 Å². The zero-order valence-corrected chi connectivity index (χ0v) is 7.95. The maximum Gasteiger partial charge on any atom is 0.233 e. The zero-order valence-electron chi connectivity index (χ0n) is 6.44. The van der Waals surface area contributed by atoms with Crippen molar-refractivity contribution in [3.05, 3.63) is 0 Å². The summed E-state index contributed by atoms with van der Waals surface area (Å²) in [6, 6.07) is 0. The quantitative estimate of drug-likeness (QED) is 0.492. The third-order valence-corrected chi connectivity index (χ3v) is 3.15. The number of hydrogen-bond donors (Lipinski definition) is 0. The second-order valence-corrected chi connectivity index (χ2v) is 3.40. The lowest BCUT2D eigenvalue weighted by atomic mass is 9.83. The molecule has 0 atom stereocenters. The van der Waals surface area contributed by atoms with Gasteiger partial charge in [0.1, 0.15) is 0 Å². The molecule has 1 aliphatic heterocycles. The Balaban J connectivity index is 2.59. The Kier molecular flexibility index (Phi) is 2.66. The average Bonchev–Trinajstić information content (AvgIpc) is 2.05. The third-order valence-electron chi connectivity index (χ3n) is 2.13. The van der Waals surface area contributed by atoms with E-state index < -0.39 is 5.41 Å². The number of carbonyl (C=O) groups is 1. The highest BCUT2D eigenvalue weighted by Gasteiger charge is 2.50. The predicted octanol–water partition coefficient (Wildman–Crippen LogP) is 1.31. The van der Waals surface area contributed by atoms with Crippen LogP contribution in [0.5, 0.6) is 0 Å².